The summed E-state index contributed by atoms with van der Waals surface area (Å²) in [5, 5.41) is 12.5. The molecule has 0 bridgehead atoms. The number of aromatic nitrogens is 1. The molecule has 3 N–H and O–H groups in total. The third-order valence-electron chi connectivity index (χ3n) is 5.51. The van der Waals surface area contributed by atoms with Crippen LogP contribution in [0.5, 0.6) is 5.75 Å². The number of hydrogen-bond donors (Lipinski definition) is 2. The number of nitrogens with two attached hydrogens (primary N) is 1. The molecule has 1 aliphatic carbocycles. The van der Waals surface area contributed by atoms with Crippen LogP contribution in [0.2, 0.25) is 0 Å². The van der Waals surface area contributed by atoms with Gasteiger partial charge in [0, 0.05) is 50.0 Å². The van der Waals surface area contributed by atoms with E-state index in [2.05, 4.69) is 12.2 Å². The molecule has 0 amide bonds. The van der Waals surface area contributed by atoms with Gasteiger partial charge in [-0.1, -0.05) is 6.92 Å². The van der Waals surface area contributed by atoms with Gasteiger partial charge in [0.15, 0.2) is 11.6 Å². The van der Waals surface area contributed by atoms with Crippen molar-refractivity contribution in [2.24, 2.45) is 5.92 Å². The van der Waals surface area contributed by atoms with Crippen LogP contribution >= 0.6 is 0 Å². The Morgan fingerprint density at radius 3 is 2.78 bits per heavy atom. The van der Waals surface area contributed by atoms with Gasteiger partial charge in [0.1, 0.15) is 23.9 Å². The van der Waals surface area contributed by atoms with Crippen molar-refractivity contribution < 1.29 is 46.9 Å². The summed E-state index contributed by atoms with van der Waals surface area (Å²) in [5.41, 5.74) is 5.86. The molecule has 4 rings (SSSR count). The fraction of sp³-hybridized carbons (Fsp3) is 0.474. The first kappa shape index (κ1) is 20.2. The van der Waals surface area contributed by atoms with Crippen LogP contribution in [-0.2, 0) is 0 Å². The smallest absolute Gasteiger partial charge is 0.209 e. The topological polar surface area (TPSA) is 93.1 Å². The first-order valence-electron chi connectivity index (χ1n) is 8.91. The van der Waals surface area contributed by atoms with E-state index in [4.69, 9.17) is 10.5 Å². The van der Waals surface area contributed by atoms with Gasteiger partial charge in [0.25, 0.3) is 0 Å². The van der Waals surface area contributed by atoms with Crippen molar-refractivity contribution in [2.75, 3.05) is 17.7 Å². The van der Waals surface area contributed by atoms with Gasteiger partial charge in [-0.3, -0.25) is 4.79 Å². The van der Waals surface area contributed by atoms with Gasteiger partial charge in [0.2, 0.25) is 5.43 Å². The van der Waals surface area contributed by atoms with Crippen molar-refractivity contribution in [1.29, 1.82) is 5.26 Å². The van der Waals surface area contributed by atoms with Gasteiger partial charge in [0.05, 0.1) is 22.6 Å². The van der Waals surface area contributed by atoms with Gasteiger partial charge in [-0.25, -0.2) is 4.39 Å². The quantitative estimate of drug-likeness (QED) is 0.761. The summed E-state index contributed by atoms with van der Waals surface area (Å²) >= 11 is 0. The van der Waals surface area contributed by atoms with Gasteiger partial charge >= 0.3 is 0 Å². The first-order valence-corrected chi connectivity index (χ1v) is 8.91. The van der Waals surface area contributed by atoms with Crippen molar-refractivity contribution in [1.82, 2.24) is 4.57 Å². The number of anilines is 2. The molecule has 27 heavy (non-hydrogen) atoms. The molecule has 1 aromatic heterocycles. The van der Waals surface area contributed by atoms with Crippen molar-refractivity contribution in [3.8, 4) is 11.8 Å². The molecule has 0 spiro atoms. The Morgan fingerprint density at radius 2 is 2.15 bits per heavy atom. The number of pyridine rings is 1. The van der Waals surface area contributed by atoms with Crippen molar-refractivity contribution in [2.45, 2.75) is 45.2 Å². The zero-order chi connectivity index (χ0) is 18.6. The molecule has 2 heterocycles. The molecule has 0 radical (unpaired) electrons. The molecule has 6 nitrogen and oxygen atoms in total. The molecule has 2 aromatic rings. The monoisotopic (exact) mass is 396 g/mol. The van der Waals surface area contributed by atoms with E-state index in [9.17, 15) is 10.1 Å². The summed E-state index contributed by atoms with van der Waals surface area (Å²) in [6.45, 7) is 4.42. The third-order valence-corrected chi connectivity index (χ3v) is 5.51. The molecule has 2 aliphatic rings. The number of ether oxygens (including phenoxy) is 1. The number of nitrogen functional groups attached to an aromatic ring is 1. The summed E-state index contributed by atoms with van der Waals surface area (Å²) in [6, 6.07) is 1.94. The number of nitrogens with zero attached hydrogens (tertiary/aromatic N) is 2. The molecule has 1 saturated carbocycles. The zero-order valence-corrected chi connectivity index (χ0v) is 15.9. The van der Waals surface area contributed by atoms with Gasteiger partial charge in [-0.15, -0.1) is 0 Å². The zero-order valence-electron chi connectivity index (χ0n) is 15.2. The van der Waals surface area contributed by atoms with Crippen molar-refractivity contribution >= 4 is 22.3 Å². The number of halogens is 1. The predicted molar refractivity (Wildman–Crippen MR) is 97.9 cm³/mol. The molecule has 0 saturated heterocycles. The second-order valence-corrected chi connectivity index (χ2v) is 7.47. The Bertz CT molecular complexity index is 1010. The minimum atomic E-state index is -0.680. The summed E-state index contributed by atoms with van der Waals surface area (Å²) < 4.78 is 22.7. The van der Waals surface area contributed by atoms with E-state index in [1.165, 1.54) is 6.20 Å². The van der Waals surface area contributed by atoms with Crippen LogP contribution < -0.4 is 21.2 Å². The second-order valence-electron chi connectivity index (χ2n) is 7.47. The molecule has 144 valence electrons. The molecule has 1 fully saturated rings. The Kier molecular flexibility index (Phi) is 5.62. The van der Waals surface area contributed by atoms with E-state index in [1.807, 2.05) is 13.0 Å². The minimum Gasteiger partial charge on any atom is -0.487 e. The van der Waals surface area contributed by atoms with Crippen LogP contribution in [0.1, 0.15) is 44.7 Å². The fourth-order valence-corrected chi connectivity index (χ4v) is 4.10. The molecular weight excluding hydrogens is 375 g/mol. The number of benzene rings is 1. The molecule has 0 unspecified atom stereocenters. The fourth-order valence-electron chi connectivity index (χ4n) is 4.10. The Balaban J connectivity index is 0.00000210. The molecule has 3 atom stereocenters. The number of nitrogens with one attached hydrogen (secondary N) is 1. The molecule has 1 aromatic carbocycles. The molecule has 1 aliphatic heterocycles. The van der Waals surface area contributed by atoms with E-state index < -0.39 is 11.2 Å². The van der Waals surface area contributed by atoms with Crippen LogP contribution in [0.15, 0.2) is 11.0 Å². The number of nitriles is 1. The van der Waals surface area contributed by atoms with E-state index in [0.717, 1.165) is 19.3 Å². The second kappa shape index (κ2) is 7.50. The molecular formula is C19H21ArFN4O2. The van der Waals surface area contributed by atoms with Crippen LogP contribution in [0.4, 0.5) is 15.8 Å². The van der Waals surface area contributed by atoms with Gasteiger partial charge < -0.3 is 20.4 Å². The van der Waals surface area contributed by atoms with E-state index in [1.54, 1.807) is 4.57 Å². The number of rotatable bonds is 2. The van der Waals surface area contributed by atoms with Crippen LogP contribution in [-0.4, -0.2) is 17.2 Å². The van der Waals surface area contributed by atoms with Crippen molar-refractivity contribution in [3.63, 3.8) is 0 Å². The summed E-state index contributed by atoms with van der Waals surface area (Å²) in [4.78, 5) is 12.6. The van der Waals surface area contributed by atoms with E-state index in [0.29, 0.717) is 23.8 Å². The average molecular weight is 396 g/mol. The summed E-state index contributed by atoms with van der Waals surface area (Å²) in [5.74, 6) is 0.216. The predicted octanol–water partition coefficient (Wildman–Crippen LogP) is 3.15. The van der Waals surface area contributed by atoms with Gasteiger partial charge in [-0.2, -0.15) is 5.26 Å². The minimum absolute atomic E-state index is 0. The Morgan fingerprint density at radius 1 is 1.41 bits per heavy atom. The van der Waals surface area contributed by atoms with Gasteiger partial charge in [-0.05, 0) is 32.1 Å². The van der Waals surface area contributed by atoms with E-state index >= 15 is 4.39 Å². The maximum atomic E-state index is 15.1. The third kappa shape index (κ3) is 3.18. The van der Waals surface area contributed by atoms with E-state index in [-0.39, 0.29) is 72.1 Å². The maximum Gasteiger partial charge on any atom is 0.209 e. The average Bonchev–Trinajstić information content (AvgIpc) is 3.03. The van der Waals surface area contributed by atoms with Crippen LogP contribution in [0, 0.1) is 60.8 Å². The number of hydrogen-bond acceptors (Lipinski definition) is 5. The molecule has 8 heteroatoms. The first-order chi connectivity index (χ1) is 12.4. The SMILES string of the molecule is C[C@@H]1CC[C@@H](Nc2c(F)c(N)c3c(=O)c(C#N)cn4c3c2OC[C@@H]4C)C1.[Ar]. The summed E-state index contributed by atoms with van der Waals surface area (Å²) in [7, 11) is 0. The summed E-state index contributed by atoms with van der Waals surface area (Å²) in [6.07, 6.45) is 4.51. The standard InChI is InChI=1S/C19H21FN4O2.Ar/c1-9-3-4-12(5-9)23-16-14(20)15(22)13-17-19(16)26-8-10(2)24(17)7-11(6-21)18(13)25;/h7,9-10,12,23H,3-5,8,22H2,1-2H3;/t9-,10+,12-;/m1./s1. The Hall–Kier alpha value is -1.49. The van der Waals surface area contributed by atoms with Crippen LogP contribution in [0.25, 0.3) is 10.9 Å². The largest absolute Gasteiger partial charge is 0.487 e. The Labute approximate surface area is 186 Å². The van der Waals surface area contributed by atoms with Crippen molar-refractivity contribution in [3.05, 3.63) is 27.8 Å². The normalized spacial score (nSPS) is 23.4. The van der Waals surface area contributed by atoms with Crippen LogP contribution in [0.3, 0.4) is 0 Å². The maximum absolute atomic E-state index is 15.1.